The van der Waals surface area contributed by atoms with Crippen LogP contribution in [0.5, 0.6) is 0 Å². The Morgan fingerprint density at radius 1 is 1.18 bits per heavy atom. The third-order valence-corrected chi connectivity index (χ3v) is 4.02. The molecule has 4 nitrogen and oxygen atoms in total. The highest BCUT2D eigenvalue weighted by atomic mass is 16.2. The van der Waals surface area contributed by atoms with Gasteiger partial charge < -0.3 is 10.2 Å². The van der Waals surface area contributed by atoms with Gasteiger partial charge in [-0.1, -0.05) is 31.5 Å². The van der Waals surface area contributed by atoms with Gasteiger partial charge in [-0.15, -0.1) is 0 Å². The first-order chi connectivity index (χ1) is 10.2. The van der Waals surface area contributed by atoms with Crippen LogP contribution in [0.25, 0.3) is 0 Å². The van der Waals surface area contributed by atoms with Crippen LogP contribution in [0.2, 0.25) is 0 Å². The van der Waals surface area contributed by atoms with Gasteiger partial charge in [0, 0.05) is 19.3 Å². The maximum absolute atomic E-state index is 12.6. The van der Waals surface area contributed by atoms with Gasteiger partial charge in [0.05, 0.1) is 0 Å². The summed E-state index contributed by atoms with van der Waals surface area (Å²) in [5.41, 5.74) is 1.70. The Morgan fingerprint density at radius 3 is 2.23 bits per heavy atom. The Morgan fingerprint density at radius 2 is 1.73 bits per heavy atom. The second-order valence-corrected chi connectivity index (χ2v) is 6.43. The monoisotopic (exact) mass is 304 g/mol. The lowest BCUT2D eigenvalue weighted by atomic mass is 9.90. The summed E-state index contributed by atoms with van der Waals surface area (Å²) in [6, 6.07) is 5.85. The molecule has 0 heterocycles. The van der Waals surface area contributed by atoms with Gasteiger partial charge in [-0.2, -0.15) is 0 Å². The summed E-state index contributed by atoms with van der Waals surface area (Å²) >= 11 is 0. The molecule has 0 unspecified atom stereocenters. The summed E-state index contributed by atoms with van der Waals surface area (Å²) in [6.45, 7) is 10.0. The topological polar surface area (TPSA) is 49.4 Å². The zero-order valence-corrected chi connectivity index (χ0v) is 14.6. The molecule has 122 valence electrons. The van der Waals surface area contributed by atoms with Gasteiger partial charge in [-0.05, 0) is 45.2 Å². The molecule has 0 saturated heterocycles. The fourth-order valence-electron chi connectivity index (χ4n) is 2.35. The lowest BCUT2D eigenvalue weighted by Crippen LogP contribution is -2.46. The van der Waals surface area contributed by atoms with Gasteiger partial charge in [0.25, 0.3) is 0 Å². The first kappa shape index (κ1) is 18.2. The Kier molecular flexibility index (Phi) is 6.15. The summed E-state index contributed by atoms with van der Waals surface area (Å²) in [5.74, 6) is -0.414. The maximum atomic E-state index is 12.6. The molecule has 0 fully saturated rings. The van der Waals surface area contributed by atoms with Gasteiger partial charge in [0.1, 0.15) is 5.41 Å². The molecule has 0 aromatic heterocycles. The molecule has 1 rings (SSSR count). The number of rotatable bonds is 6. The van der Waals surface area contributed by atoms with E-state index in [1.54, 1.807) is 25.8 Å². The van der Waals surface area contributed by atoms with E-state index in [1.807, 2.05) is 32.0 Å². The smallest absolute Gasteiger partial charge is 0.239 e. The highest BCUT2D eigenvalue weighted by Crippen LogP contribution is 2.25. The SMILES string of the molecule is CCCCN(C)C(=O)C(C)(C)C(=O)Nc1c(C)cccc1C. The van der Waals surface area contributed by atoms with E-state index in [2.05, 4.69) is 12.2 Å². The van der Waals surface area contributed by atoms with Crippen molar-refractivity contribution in [3.63, 3.8) is 0 Å². The third kappa shape index (κ3) is 4.09. The second kappa shape index (κ2) is 7.43. The standard InChI is InChI=1S/C18H28N2O2/c1-7-8-12-20(6)17(22)18(4,5)16(21)19-15-13(2)10-9-11-14(15)3/h9-11H,7-8,12H2,1-6H3,(H,19,21). The average molecular weight is 304 g/mol. The summed E-state index contributed by atoms with van der Waals surface area (Å²) < 4.78 is 0. The number of unbranched alkanes of at least 4 members (excludes halogenated alkanes) is 1. The second-order valence-electron chi connectivity index (χ2n) is 6.43. The van der Waals surface area contributed by atoms with E-state index in [-0.39, 0.29) is 11.8 Å². The van der Waals surface area contributed by atoms with Crippen molar-refractivity contribution < 1.29 is 9.59 Å². The molecule has 0 aliphatic heterocycles. The van der Waals surface area contributed by atoms with E-state index in [1.165, 1.54) is 0 Å². The number of nitrogens with one attached hydrogen (secondary N) is 1. The highest BCUT2D eigenvalue weighted by Gasteiger charge is 2.38. The summed E-state index contributed by atoms with van der Waals surface area (Å²) in [6.07, 6.45) is 1.96. The maximum Gasteiger partial charge on any atom is 0.239 e. The van der Waals surface area contributed by atoms with E-state index in [9.17, 15) is 9.59 Å². The molecule has 4 heteroatoms. The minimum absolute atomic E-state index is 0.148. The molecule has 1 N–H and O–H groups in total. The summed E-state index contributed by atoms with van der Waals surface area (Å²) in [5, 5.41) is 2.92. The number of anilines is 1. The van der Waals surface area contributed by atoms with Gasteiger partial charge in [-0.25, -0.2) is 0 Å². The molecule has 1 aromatic rings. The summed E-state index contributed by atoms with van der Waals surface area (Å²) in [7, 11) is 1.76. The molecule has 0 atom stereocenters. The zero-order valence-electron chi connectivity index (χ0n) is 14.6. The van der Waals surface area contributed by atoms with Crippen molar-refractivity contribution in [3.05, 3.63) is 29.3 Å². The van der Waals surface area contributed by atoms with E-state index in [0.29, 0.717) is 6.54 Å². The van der Waals surface area contributed by atoms with Crippen molar-refractivity contribution in [1.29, 1.82) is 0 Å². The molecule has 22 heavy (non-hydrogen) atoms. The van der Waals surface area contributed by atoms with E-state index in [4.69, 9.17) is 0 Å². The number of carbonyl (C=O) groups is 2. The predicted octanol–water partition coefficient (Wildman–Crippen LogP) is 3.53. The van der Waals surface area contributed by atoms with Crippen LogP contribution in [-0.4, -0.2) is 30.3 Å². The van der Waals surface area contributed by atoms with Crippen LogP contribution in [-0.2, 0) is 9.59 Å². The first-order valence-electron chi connectivity index (χ1n) is 7.85. The molecule has 1 aromatic carbocycles. The number of aryl methyl sites for hydroxylation is 2. The zero-order chi connectivity index (χ0) is 16.9. The number of hydrogen-bond acceptors (Lipinski definition) is 2. The molecule has 0 spiro atoms. The van der Waals surface area contributed by atoms with E-state index in [0.717, 1.165) is 29.7 Å². The van der Waals surface area contributed by atoms with Crippen molar-refractivity contribution in [2.75, 3.05) is 18.9 Å². The lowest BCUT2D eigenvalue weighted by molar-refractivity contribution is -0.145. The van der Waals surface area contributed by atoms with Crippen molar-refractivity contribution in [1.82, 2.24) is 4.90 Å². The van der Waals surface area contributed by atoms with E-state index < -0.39 is 5.41 Å². The Bertz CT molecular complexity index is 530. The minimum Gasteiger partial charge on any atom is -0.345 e. The van der Waals surface area contributed by atoms with Crippen LogP contribution in [0, 0.1) is 19.3 Å². The Balaban J connectivity index is 2.88. The molecular weight excluding hydrogens is 276 g/mol. The average Bonchev–Trinajstić information content (AvgIpc) is 2.47. The van der Waals surface area contributed by atoms with Crippen LogP contribution < -0.4 is 5.32 Å². The predicted molar refractivity (Wildman–Crippen MR) is 90.9 cm³/mol. The van der Waals surface area contributed by atoms with Crippen molar-refractivity contribution in [3.8, 4) is 0 Å². The minimum atomic E-state index is -1.09. The molecule has 0 bridgehead atoms. The van der Waals surface area contributed by atoms with Crippen molar-refractivity contribution in [2.24, 2.45) is 5.41 Å². The molecule has 0 aliphatic carbocycles. The largest absolute Gasteiger partial charge is 0.345 e. The third-order valence-electron chi connectivity index (χ3n) is 4.02. The van der Waals surface area contributed by atoms with Crippen LogP contribution in [0.15, 0.2) is 18.2 Å². The molecule has 2 amide bonds. The number of carbonyl (C=O) groups excluding carboxylic acids is 2. The fraction of sp³-hybridized carbons (Fsp3) is 0.556. The normalized spacial score (nSPS) is 11.2. The fourth-order valence-corrected chi connectivity index (χ4v) is 2.35. The highest BCUT2D eigenvalue weighted by molar-refractivity contribution is 6.10. The lowest BCUT2D eigenvalue weighted by Gasteiger charge is -2.29. The number of amides is 2. The van der Waals surface area contributed by atoms with Crippen LogP contribution in [0.3, 0.4) is 0 Å². The van der Waals surface area contributed by atoms with Crippen LogP contribution in [0.4, 0.5) is 5.69 Å². The number of nitrogens with zero attached hydrogens (tertiary/aromatic N) is 1. The van der Waals surface area contributed by atoms with Crippen LogP contribution >= 0.6 is 0 Å². The molecule has 0 aliphatic rings. The molecular formula is C18H28N2O2. The van der Waals surface area contributed by atoms with Crippen LogP contribution in [0.1, 0.15) is 44.7 Å². The van der Waals surface area contributed by atoms with E-state index >= 15 is 0 Å². The van der Waals surface area contributed by atoms with Gasteiger partial charge in [0.2, 0.25) is 11.8 Å². The molecule has 0 saturated carbocycles. The Labute approximate surface area is 133 Å². The van der Waals surface area contributed by atoms with Gasteiger partial charge in [-0.3, -0.25) is 9.59 Å². The Hall–Kier alpha value is -1.84. The van der Waals surface area contributed by atoms with Crippen molar-refractivity contribution in [2.45, 2.75) is 47.5 Å². The number of benzene rings is 1. The first-order valence-corrected chi connectivity index (χ1v) is 7.85. The number of para-hydroxylation sites is 1. The number of hydrogen-bond donors (Lipinski definition) is 1. The van der Waals surface area contributed by atoms with Gasteiger partial charge in [0.15, 0.2) is 0 Å². The molecule has 0 radical (unpaired) electrons. The van der Waals surface area contributed by atoms with Gasteiger partial charge >= 0.3 is 0 Å². The quantitative estimate of drug-likeness (QED) is 0.817. The summed E-state index contributed by atoms with van der Waals surface area (Å²) in [4.78, 5) is 26.8. The van der Waals surface area contributed by atoms with Crippen molar-refractivity contribution >= 4 is 17.5 Å².